The van der Waals surface area contributed by atoms with E-state index >= 15 is 0 Å². The second-order valence-electron chi connectivity index (χ2n) is 9.34. The summed E-state index contributed by atoms with van der Waals surface area (Å²) in [6, 6.07) is 4.19. The topological polar surface area (TPSA) is 82.7 Å². The molecule has 0 spiro atoms. The van der Waals surface area contributed by atoms with Crippen LogP contribution in [0.3, 0.4) is 0 Å². The monoisotopic (exact) mass is 438 g/mol. The molecular weight excluding hydrogens is 411 g/mol. The molecule has 2 atom stereocenters. The van der Waals surface area contributed by atoms with Gasteiger partial charge in [0.15, 0.2) is 6.61 Å². The van der Waals surface area contributed by atoms with Gasteiger partial charge < -0.3 is 15.4 Å². The Bertz CT molecular complexity index is 845. The Kier molecular flexibility index (Phi) is 5.45. The number of hydrazine groups is 1. The predicted molar refractivity (Wildman–Crippen MR) is 110 cm³/mol. The maximum atomic E-state index is 13.4. The quantitative estimate of drug-likeness (QED) is 0.606. The third-order valence-electron chi connectivity index (χ3n) is 6.51. The molecular formula is C21H28ClFN4O3. The van der Waals surface area contributed by atoms with Gasteiger partial charge in [-0.2, -0.15) is 0 Å². The van der Waals surface area contributed by atoms with Crippen LogP contribution in [0.1, 0.15) is 39.5 Å². The summed E-state index contributed by atoms with van der Waals surface area (Å²) in [6.07, 6.45) is 2.97. The van der Waals surface area contributed by atoms with Gasteiger partial charge in [-0.3, -0.25) is 15.0 Å². The van der Waals surface area contributed by atoms with Crippen LogP contribution in [0.25, 0.3) is 0 Å². The number of rotatable bonds is 7. The first-order valence-corrected chi connectivity index (χ1v) is 10.7. The van der Waals surface area contributed by atoms with Gasteiger partial charge in [0.05, 0.1) is 5.02 Å². The fraction of sp³-hybridized carbons (Fsp3) is 0.619. The Morgan fingerprint density at radius 3 is 2.57 bits per heavy atom. The smallest absolute Gasteiger partial charge is 0.258 e. The number of ether oxygens (including phenoxy) is 1. The molecule has 0 radical (unpaired) electrons. The second kappa shape index (κ2) is 7.66. The van der Waals surface area contributed by atoms with Gasteiger partial charge in [0.1, 0.15) is 17.6 Å². The Morgan fingerprint density at radius 1 is 1.30 bits per heavy atom. The number of benzene rings is 1. The molecule has 1 heterocycles. The highest BCUT2D eigenvalue weighted by molar-refractivity contribution is 6.30. The minimum absolute atomic E-state index is 0.00678. The van der Waals surface area contributed by atoms with E-state index in [0.29, 0.717) is 12.0 Å². The number of likely N-dealkylation sites (N-methyl/N-ethyl adjacent to an activating group) is 1. The first-order valence-electron chi connectivity index (χ1n) is 10.3. The van der Waals surface area contributed by atoms with E-state index in [1.807, 2.05) is 12.1 Å². The van der Waals surface area contributed by atoms with Crippen LogP contribution in [0, 0.1) is 11.7 Å². The summed E-state index contributed by atoms with van der Waals surface area (Å²) in [5.74, 6) is -0.0903. The summed E-state index contributed by atoms with van der Waals surface area (Å²) >= 11 is 5.64. The van der Waals surface area contributed by atoms with Crippen molar-refractivity contribution in [2.24, 2.45) is 5.92 Å². The number of halogens is 2. The second-order valence-corrected chi connectivity index (χ2v) is 9.74. The van der Waals surface area contributed by atoms with Gasteiger partial charge in [-0.15, -0.1) is 0 Å². The zero-order valence-corrected chi connectivity index (χ0v) is 18.2. The van der Waals surface area contributed by atoms with Gasteiger partial charge in [0.25, 0.3) is 5.91 Å². The van der Waals surface area contributed by atoms with Crippen molar-refractivity contribution in [3.8, 4) is 5.75 Å². The molecule has 2 amide bonds. The van der Waals surface area contributed by atoms with E-state index < -0.39 is 5.82 Å². The lowest BCUT2D eigenvalue weighted by molar-refractivity contribution is -0.152. The van der Waals surface area contributed by atoms with Gasteiger partial charge in [0.2, 0.25) is 5.91 Å². The van der Waals surface area contributed by atoms with E-state index in [1.54, 1.807) is 0 Å². The maximum Gasteiger partial charge on any atom is 0.258 e. The molecule has 3 aliphatic carbocycles. The van der Waals surface area contributed by atoms with Crippen molar-refractivity contribution >= 4 is 23.4 Å². The normalized spacial score (nSPS) is 32.3. The number of amides is 2. The van der Waals surface area contributed by atoms with Crippen molar-refractivity contribution in [3.05, 3.63) is 29.0 Å². The SMILES string of the molecule is CC(C)C1CC(C(=O)NC23CC(NC(=O)COc4ccc(Cl)c(F)c4)(C2)C3)N(C)N1. The summed E-state index contributed by atoms with van der Waals surface area (Å²) in [4.78, 5) is 25.0. The van der Waals surface area contributed by atoms with Crippen LogP contribution in [-0.2, 0) is 9.59 Å². The molecule has 9 heteroatoms. The molecule has 5 rings (SSSR count). The molecule has 1 aliphatic heterocycles. The number of hydrogen-bond donors (Lipinski definition) is 3. The van der Waals surface area contributed by atoms with Crippen LogP contribution in [0.2, 0.25) is 5.02 Å². The molecule has 3 saturated carbocycles. The maximum absolute atomic E-state index is 13.4. The molecule has 1 saturated heterocycles. The fourth-order valence-corrected chi connectivity index (χ4v) is 5.07. The Morgan fingerprint density at radius 2 is 1.97 bits per heavy atom. The number of nitrogens with zero attached hydrogens (tertiary/aromatic N) is 1. The van der Waals surface area contributed by atoms with E-state index in [2.05, 4.69) is 29.9 Å². The van der Waals surface area contributed by atoms with E-state index in [1.165, 1.54) is 12.1 Å². The van der Waals surface area contributed by atoms with Crippen molar-refractivity contribution in [3.63, 3.8) is 0 Å². The summed E-state index contributed by atoms with van der Waals surface area (Å²) in [7, 11) is 1.91. The molecule has 3 N–H and O–H groups in total. The van der Waals surface area contributed by atoms with Gasteiger partial charge in [-0.05, 0) is 43.7 Å². The minimum atomic E-state index is -0.588. The largest absolute Gasteiger partial charge is 0.484 e. The van der Waals surface area contributed by atoms with E-state index in [-0.39, 0.29) is 46.3 Å². The summed E-state index contributed by atoms with van der Waals surface area (Å²) in [6.45, 7) is 4.09. The van der Waals surface area contributed by atoms with Crippen molar-refractivity contribution in [2.75, 3.05) is 13.7 Å². The third-order valence-corrected chi connectivity index (χ3v) is 6.81. The molecule has 1 aromatic rings. The fourth-order valence-electron chi connectivity index (χ4n) is 4.95. The van der Waals surface area contributed by atoms with Crippen LogP contribution in [0.5, 0.6) is 5.75 Å². The first kappa shape index (κ1) is 21.3. The van der Waals surface area contributed by atoms with Crippen molar-refractivity contribution < 1.29 is 18.7 Å². The zero-order chi connectivity index (χ0) is 21.7. The number of nitrogens with one attached hydrogen (secondary N) is 3. The Hall–Kier alpha value is -1.90. The van der Waals surface area contributed by atoms with Crippen molar-refractivity contribution in [1.29, 1.82) is 0 Å². The van der Waals surface area contributed by atoms with Crippen molar-refractivity contribution in [2.45, 2.75) is 62.7 Å². The molecule has 4 aliphatic rings. The van der Waals surface area contributed by atoms with Crippen LogP contribution in [-0.4, -0.2) is 53.6 Å². The molecule has 7 nitrogen and oxygen atoms in total. The van der Waals surface area contributed by atoms with Crippen molar-refractivity contribution in [1.82, 2.24) is 21.1 Å². The molecule has 2 unspecified atom stereocenters. The van der Waals surface area contributed by atoms with Gasteiger partial charge in [-0.25, -0.2) is 9.40 Å². The highest BCUT2D eigenvalue weighted by Crippen LogP contribution is 2.60. The summed E-state index contributed by atoms with van der Waals surface area (Å²) in [5.41, 5.74) is 2.89. The van der Waals surface area contributed by atoms with Crippen LogP contribution in [0.4, 0.5) is 4.39 Å². The van der Waals surface area contributed by atoms with E-state index in [4.69, 9.17) is 16.3 Å². The predicted octanol–water partition coefficient (Wildman–Crippen LogP) is 2.00. The molecule has 4 fully saturated rings. The average Bonchev–Trinajstić information content (AvgIpc) is 3.02. The first-order chi connectivity index (χ1) is 14.1. The lowest BCUT2D eigenvalue weighted by Gasteiger charge is -2.70. The number of carbonyl (C=O) groups is 2. The molecule has 164 valence electrons. The average molecular weight is 439 g/mol. The Labute approximate surface area is 180 Å². The number of hydrogen-bond acceptors (Lipinski definition) is 5. The summed E-state index contributed by atoms with van der Waals surface area (Å²) < 4.78 is 18.8. The third kappa shape index (κ3) is 4.00. The molecule has 2 bridgehead atoms. The highest BCUT2D eigenvalue weighted by atomic mass is 35.5. The molecule has 30 heavy (non-hydrogen) atoms. The Balaban J connectivity index is 1.21. The lowest BCUT2D eigenvalue weighted by Crippen LogP contribution is -2.84. The highest BCUT2D eigenvalue weighted by Gasteiger charge is 2.69. The minimum Gasteiger partial charge on any atom is -0.484 e. The molecule has 1 aromatic carbocycles. The molecule has 0 aromatic heterocycles. The number of carbonyl (C=O) groups excluding carboxylic acids is 2. The zero-order valence-electron chi connectivity index (χ0n) is 17.4. The van der Waals surface area contributed by atoms with Crippen LogP contribution < -0.4 is 20.8 Å². The summed E-state index contributed by atoms with van der Waals surface area (Å²) in [5, 5.41) is 8.11. The lowest BCUT2D eigenvalue weighted by atomic mass is 9.44. The van der Waals surface area contributed by atoms with E-state index in [0.717, 1.165) is 31.7 Å². The van der Waals surface area contributed by atoms with Gasteiger partial charge >= 0.3 is 0 Å². The van der Waals surface area contributed by atoms with E-state index in [9.17, 15) is 14.0 Å². The van der Waals surface area contributed by atoms with Gasteiger partial charge in [0, 0.05) is 30.2 Å². The van der Waals surface area contributed by atoms with Gasteiger partial charge in [-0.1, -0.05) is 25.4 Å². The van der Waals surface area contributed by atoms with Crippen LogP contribution in [0.15, 0.2) is 18.2 Å². The van der Waals surface area contributed by atoms with Crippen LogP contribution >= 0.6 is 11.6 Å². The standard InChI is InChI=1S/C21H28ClFN4O3/c1-12(2)16-7-17(27(3)26-16)19(29)25-21-9-20(10-21,11-21)24-18(28)8-30-13-4-5-14(22)15(23)6-13/h4-6,12,16-17,26H,7-11H2,1-3H3,(H,24,28)(H,25,29).